The number of rotatable bonds is 1. The Balaban J connectivity index is 4.40. The van der Waals surface area contributed by atoms with Gasteiger partial charge in [-0.1, -0.05) is 58.0 Å². The van der Waals surface area contributed by atoms with Gasteiger partial charge in [0.25, 0.3) is 10.8 Å². The van der Waals surface area contributed by atoms with Crippen molar-refractivity contribution in [1.82, 2.24) is 0 Å². The lowest BCUT2D eigenvalue weighted by atomic mass is 10.4. The number of hydrogen-bond acceptors (Lipinski definition) is 0. The molecule has 0 amide bonds. The van der Waals surface area contributed by atoms with Crippen LogP contribution >= 0.6 is 58.0 Å². The fourth-order valence-corrected chi connectivity index (χ4v) is 0.643. The van der Waals surface area contributed by atoms with Gasteiger partial charge >= 0.3 is 0 Å². The molecule has 0 spiro atoms. The second-order valence-electron chi connectivity index (χ2n) is 1.33. The van der Waals surface area contributed by atoms with Gasteiger partial charge in [-0.15, -0.1) is 0 Å². The highest BCUT2D eigenvalue weighted by Gasteiger charge is 2.55. The zero-order valence-corrected chi connectivity index (χ0v) is 7.93. The molecule has 10 heavy (non-hydrogen) atoms. The number of hydrogen-bond donors (Lipinski definition) is 0. The third-order valence-corrected chi connectivity index (χ3v) is 2.47. The van der Waals surface area contributed by atoms with E-state index < -0.39 is 14.6 Å². The van der Waals surface area contributed by atoms with Crippen LogP contribution in [0, 0.1) is 5.63 Å². The molecule has 0 saturated carbocycles. The van der Waals surface area contributed by atoms with Crippen molar-refractivity contribution in [3.63, 3.8) is 0 Å². The van der Waals surface area contributed by atoms with Gasteiger partial charge in [0.2, 0.25) is 3.79 Å². The van der Waals surface area contributed by atoms with Crippen LogP contribution in [0.3, 0.4) is 0 Å². The summed E-state index contributed by atoms with van der Waals surface area (Å²) in [6.45, 7) is 0. The van der Waals surface area contributed by atoms with Crippen LogP contribution in [0.4, 0.5) is 8.78 Å². The number of halogens is 7. The summed E-state index contributed by atoms with van der Waals surface area (Å²) < 4.78 is 21.8. The van der Waals surface area contributed by atoms with Gasteiger partial charge in [0.1, 0.15) is 0 Å². The Kier molecular flexibility index (Phi) is 3.80. The zero-order chi connectivity index (χ0) is 8.58. The molecule has 0 aliphatic heterocycles. The van der Waals surface area contributed by atoms with Crippen LogP contribution in [0.25, 0.3) is 0 Å². The summed E-state index contributed by atoms with van der Waals surface area (Å²) in [7, 11) is 0. The van der Waals surface area contributed by atoms with Crippen LogP contribution in [0.15, 0.2) is 0 Å². The predicted molar refractivity (Wildman–Crippen MR) is 40.2 cm³/mol. The highest BCUT2D eigenvalue weighted by molar-refractivity contribution is 6.71. The highest BCUT2D eigenvalue weighted by atomic mass is 35.6. The van der Waals surface area contributed by atoms with E-state index in [2.05, 4.69) is 11.6 Å². The van der Waals surface area contributed by atoms with E-state index in [0.29, 0.717) is 0 Å². The van der Waals surface area contributed by atoms with Crippen molar-refractivity contribution in [1.29, 1.82) is 0 Å². The summed E-state index contributed by atoms with van der Waals surface area (Å²) >= 11 is 24.0. The van der Waals surface area contributed by atoms with Crippen molar-refractivity contribution in [2.45, 2.75) is 8.92 Å². The maximum atomic E-state index is 12.5. The fraction of sp³-hybridized carbons (Fsp3) is 0.667. The van der Waals surface area contributed by atoms with Crippen LogP contribution in [0.2, 0.25) is 0 Å². The summed E-state index contributed by atoms with van der Waals surface area (Å²) in [6, 6.07) is 0. The summed E-state index contributed by atoms with van der Waals surface area (Å²) in [5.74, 6) is 0. The van der Waals surface area contributed by atoms with E-state index in [1.165, 1.54) is 0 Å². The lowest BCUT2D eigenvalue weighted by molar-refractivity contribution is 0.255. The molecule has 0 bridgehead atoms. The molecule has 0 saturated heterocycles. The second-order valence-corrected chi connectivity index (χ2v) is 4.47. The largest absolute Gasteiger partial charge is 0.287 e. The Bertz CT molecular complexity index is 117. The monoisotopic (exact) mass is 249 g/mol. The average molecular weight is 251 g/mol. The molecule has 1 unspecified atom stereocenters. The Labute approximate surface area is 81.3 Å². The van der Waals surface area contributed by atoms with Gasteiger partial charge in [-0.25, -0.2) is 8.78 Å². The Morgan fingerprint density at radius 1 is 1.10 bits per heavy atom. The zero-order valence-electron chi connectivity index (χ0n) is 4.15. The SMILES string of the molecule is F[C](Cl)C(F)(Cl)C(Cl)(Cl)Cl. The van der Waals surface area contributed by atoms with Crippen LogP contribution < -0.4 is 0 Å². The fourth-order valence-electron chi connectivity index (χ4n) is 0.107. The Morgan fingerprint density at radius 3 is 1.40 bits per heavy atom. The summed E-state index contributed by atoms with van der Waals surface area (Å²) in [4.78, 5) is 0. The summed E-state index contributed by atoms with van der Waals surface area (Å²) in [5, 5.41) is -3.28. The van der Waals surface area contributed by atoms with Gasteiger partial charge in [-0.05, 0) is 0 Å². The van der Waals surface area contributed by atoms with Crippen LogP contribution in [-0.2, 0) is 0 Å². The first-order valence-corrected chi connectivity index (χ1v) is 3.71. The molecule has 0 aliphatic rings. The molecule has 0 fully saturated rings. The minimum absolute atomic E-state index is 1.81. The lowest BCUT2D eigenvalue weighted by Gasteiger charge is -2.23. The molecular weight excluding hydrogens is 251 g/mol. The first kappa shape index (κ1) is 11.3. The molecule has 0 aromatic carbocycles. The van der Waals surface area contributed by atoms with Crippen molar-refractivity contribution in [2.24, 2.45) is 0 Å². The van der Waals surface area contributed by atoms with E-state index in [0.717, 1.165) is 0 Å². The van der Waals surface area contributed by atoms with Crippen molar-refractivity contribution in [2.75, 3.05) is 0 Å². The molecular formula is C3Cl5F2. The minimum atomic E-state index is -3.28. The van der Waals surface area contributed by atoms with Crippen molar-refractivity contribution in [3.8, 4) is 0 Å². The van der Waals surface area contributed by atoms with E-state index in [1.54, 1.807) is 0 Å². The quantitative estimate of drug-likeness (QED) is 0.619. The first-order chi connectivity index (χ1) is 4.19. The third kappa shape index (κ3) is 2.42. The molecule has 7 heteroatoms. The van der Waals surface area contributed by atoms with Crippen LogP contribution in [-0.4, -0.2) is 8.92 Å². The minimum Gasteiger partial charge on any atom is -0.216 e. The molecule has 0 rings (SSSR count). The molecule has 0 N–H and O–H groups in total. The maximum absolute atomic E-state index is 12.5. The van der Waals surface area contributed by atoms with Gasteiger partial charge in [0, 0.05) is 0 Å². The second kappa shape index (κ2) is 3.36. The molecule has 0 nitrogen and oxygen atoms in total. The molecule has 0 aromatic rings. The molecule has 61 valence electrons. The van der Waals surface area contributed by atoms with Crippen molar-refractivity contribution in [3.05, 3.63) is 5.63 Å². The van der Waals surface area contributed by atoms with Crippen molar-refractivity contribution < 1.29 is 8.78 Å². The first-order valence-electron chi connectivity index (χ1n) is 1.82. The van der Waals surface area contributed by atoms with Crippen molar-refractivity contribution >= 4 is 58.0 Å². The third-order valence-electron chi connectivity index (χ3n) is 0.593. The molecule has 0 heterocycles. The van der Waals surface area contributed by atoms with E-state index >= 15 is 0 Å². The van der Waals surface area contributed by atoms with E-state index in [9.17, 15) is 8.78 Å². The summed E-state index contributed by atoms with van der Waals surface area (Å²) in [6.07, 6.45) is 0. The molecule has 1 radical (unpaired) electrons. The van der Waals surface area contributed by atoms with Crippen LogP contribution in [0.5, 0.6) is 0 Å². The topological polar surface area (TPSA) is 0 Å². The average Bonchev–Trinajstić information content (AvgIpc) is 1.62. The van der Waals surface area contributed by atoms with Gasteiger partial charge in [-0.2, -0.15) is 0 Å². The van der Waals surface area contributed by atoms with Gasteiger partial charge < -0.3 is 0 Å². The lowest BCUT2D eigenvalue weighted by Crippen LogP contribution is -2.34. The Morgan fingerprint density at radius 2 is 1.40 bits per heavy atom. The predicted octanol–water partition coefficient (Wildman–Crippen LogP) is 3.96. The van der Waals surface area contributed by atoms with E-state index in [-0.39, 0.29) is 0 Å². The van der Waals surface area contributed by atoms with Gasteiger partial charge in [0.05, 0.1) is 0 Å². The Hall–Kier alpha value is 1.31. The van der Waals surface area contributed by atoms with E-state index in [4.69, 9.17) is 46.4 Å². The number of alkyl halides is 5. The van der Waals surface area contributed by atoms with Gasteiger partial charge in [0.15, 0.2) is 0 Å². The molecule has 0 aliphatic carbocycles. The standard InChI is InChI=1S/C3Cl5F2/c4-1(9)2(5,10)3(6,7)8. The van der Waals surface area contributed by atoms with E-state index in [1.807, 2.05) is 0 Å². The smallest absolute Gasteiger partial charge is 0.216 e. The molecule has 0 aromatic heterocycles. The summed E-state index contributed by atoms with van der Waals surface area (Å²) in [5.41, 5.74) is -1.81. The molecule has 1 atom stereocenters. The normalized spacial score (nSPS) is 19.2. The van der Waals surface area contributed by atoms with Gasteiger partial charge in [-0.3, -0.25) is 0 Å². The van der Waals surface area contributed by atoms with Crippen LogP contribution in [0.1, 0.15) is 0 Å². The highest BCUT2D eigenvalue weighted by Crippen LogP contribution is 2.51. The maximum Gasteiger partial charge on any atom is 0.287 e.